The van der Waals surface area contributed by atoms with Crippen LogP contribution in [0.1, 0.15) is 42.9 Å². The van der Waals surface area contributed by atoms with Crippen molar-refractivity contribution in [3.63, 3.8) is 0 Å². The topological polar surface area (TPSA) is 45.5 Å². The smallest absolute Gasteiger partial charge is 0.250 e. The van der Waals surface area contributed by atoms with Crippen LogP contribution in [0.15, 0.2) is 53.5 Å². The third-order valence-corrected chi connectivity index (χ3v) is 5.15. The van der Waals surface area contributed by atoms with E-state index in [9.17, 15) is 9.59 Å². The average molecular weight is 367 g/mol. The minimum atomic E-state index is -0.0584. The van der Waals surface area contributed by atoms with E-state index in [1.54, 1.807) is 16.8 Å². The monoisotopic (exact) mass is 367 g/mol. The van der Waals surface area contributed by atoms with E-state index in [-0.39, 0.29) is 17.5 Å². The van der Waals surface area contributed by atoms with Gasteiger partial charge in [0.05, 0.1) is 6.04 Å². The maximum Gasteiger partial charge on any atom is 0.250 e. The third-order valence-electron chi connectivity index (χ3n) is 5.15. The lowest BCUT2D eigenvalue weighted by Crippen LogP contribution is -2.39. The van der Waals surface area contributed by atoms with Crippen LogP contribution in [0.4, 0.5) is 0 Å². The number of hydrogen-bond acceptors (Lipinski definition) is 3. The molecule has 1 aliphatic rings. The molecule has 144 valence electrons. The van der Waals surface area contributed by atoms with Gasteiger partial charge in [-0.05, 0) is 50.6 Å². The lowest BCUT2D eigenvalue weighted by atomic mass is 9.94. The first-order chi connectivity index (χ1) is 13.0. The molecule has 27 heavy (non-hydrogen) atoms. The summed E-state index contributed by atoms with van der Waals surface area (Å²) in [7, 11) is 4.13. The van der Waals surface area contributed by atoms with Crippen LogP contribution in [0, 0.1) is 0 Å². The molecule has 1 fully saturated rings. The highest BCUT2D eigenvalue weighted by Crippen LogP contribution is 2.31. The van der Waals surface area contributed by atoms with Gasteiger partial charge in [-0.1, -0.05) is 30.3 Å². The summed E-state index contributed by atoms with van der Waals surface area (Å²) in [6, 6.07) is 13.9. The van der Waals surface area contributed by atoms with Gasteiger partial charge < -0.3 is 14.4 Å². The number of aryl methyl sites for hydroxylation is 1. The van der Waals surface area contributed by atoms with Crippen LogP contribution in [0.2, 0.25) is 0 Å². The summed E-state index contributed by atoms with van der Waals surface area (Å²) in [5.74, 6) is 0.132. The Morgan fingerprint density at radius 1 is 1.11 bits per heavy atom. The molecular formula is C22H29N3O2. The zero-order valence-electron chi connectivity index (χ0n) is 16.3. The Morgan fingerprint density at radius 3 is 2.59 bits per heavy atom. The maximum absolute atomic E-state index is 12.9. The Kier molecular flexibility index (Phi) is 6.45. The van der Waals surface area contributed by atoms with Gasteiger partial charge in [-0.15, -0.1) is 0 Å². The summed E-state index contributed by atoms with van der Waals surface area (Å²) in [6.45, 7) is 2.15. The molecule has 0 bridgehead atoms. The molecule has 5 heteroatoms. The summed E-state index contributed by atoms with van der Waals surface area (Å²) in [5.41, 5.74) is 2.43. The van der Waals surface area contributed by atoms with Crippen molar-refractivity contribution in [3.05, 3.63) is 70.1 Å². The largest absolute Gasteiger partial charge is 0.336 e. The molecule has 0 radical (unpaired) electrons. The third kappa shape index (κ3) is 5.07. The quantitative estimate of drug-likeness (QED) is 0.788. The fourth-order valence-corrected chi connectivity index (χ4v) is 3.79. The minimum Gasteiger partial charge on any atom is -0.336 e. The van der Waals surface area contributed by atoms with E-state index < -0.39 is 0 Å². The Balaban J connectivity index is 1.68. The Hall–Kier alpha value is -2.40. The summed E-state index contributed by atoms with van der Waals surface area (Å²) < 4.78 is 1.60. The van der Waals surface area contributed by atoms with Crippen LogP contribution in [0.25, 0.3) is 0 Å². The number of pyridine rings is 1. The van der Waals surface area contributed by atoms with Crippen molar-refractivity contribution in [2.24, 2.45) is 0 Å². The van der Waals surface area contributed by atoms with Gasteiger partial charge in [0.25, 0.3) is 5.56 Å². The number of carbonyl (C=O) groups excluding carboxylic acids is 1. The first-order valence-electron chi connectivity index (χ1n) is 9.73. The van der Waals surface area contributed by atoms with E-state index in [0.717, 1.165) is 32.4 Å². The molecule has 0 saturated carbocycles. The van der Waals surface area contributed by atoms with E-state index in [4.69, 9.17) is 0 Å². The summed E-state index contributed by atoms with van der Waals surface area (Å²) in [6.07, 6.45) is 5.30. The van der Waals surface area contributed by atoms with Gasteiger partial charge in [0.2, 0.25) is 5.91 Å². The normalized spacial score (nSPS) is 17.3. The second-order valence-electron chi connectivity index (χ2n) is 7.56. The zero-order valence-corrected chi connectivity index (χ0v) is 16.3. The van der Waals surface area contributed by atoms with Crippen LogP contribution >= 0.6 is 0 Å². The highest BCUT2D eigenvalue weighted by Gasteiger charge is 2.27. The van der Waals surface area contributed by atoms with Gasteiger partial charge in [-0.3, -0.25) is 9.59 Å². The molecule has 1 atom stereocenters. The number of hydrogen-bond donors (Lipinski definition) is 0. The number of rotatable bonds is 6. The predicted molar refractivity (Wildman–Crippen MR) is 107 cm³/mol. The first kappa shape index (κ1) is 19.4. The van der Waals surface area contributed by atoms with E-state index in [1.165, 1.54) is 17.2 Å². The summed E-state index contributed by atoms with van der Waals surface area (Å²) in [5, 5.41) is 0. The fourth-order valence-electron chi connectivity index (χ4n) is 3.79. The van der Waals surface area contributed by atoms with Gasteiger partial charge in [0, 0.05) is 38.3 Å². The molecule has 1 amide bonds. The number of piperidine rings is 1. The van der Waals surface area contributed by atoms with Crippen molar-refractivity contribution in [1.82, 2.24) is 14.4 Å². The zero-order chi connectivity index (χ0) is 19.2. The van der Waals surface area contributed by atoms with Crippen molar-refractivity contribution in [2.45, 2.75) is 44.8 Å². The molecule has 1 aromatic heterocycles. The average Bonchev–Trinajstić information content (AvgIpc) is 2.67. The standard InChI is InChI=1S/C22H29N3O2/c1-23(2)17-18-9-11-19(12-10-18)20-7-3-6-15-25(20)22(27)13-16-24-14-5-4-8-21(24)26/h4-5,8-12,14,20H,3,6-7,13,15-17H2,1-2H3. The molecule has 1 aromatic carbocycles. The molecule has 1 aliphatic heterocycles. The van der Waals surface area contributed by atoms with E-state index in [0.29, 0.717) is 13.0 Å². The molecule has 2 heterocycles. The number of benzene rings is 1. The molecule has 3 rings (SSSR count). The SMILES string of the molecule is CN(C)Cc1ccc(C2CCCCN2C(=O)CCn2ccccc2=O)cc1. The Labute approximate surface area is 161 Å². The second-order valence-corrected chi connectivity index (χ2v) is 7.56. The molecular weight excluding hydrogens is 338 g/mol. The van der Waals surface area contributed by atoms with Crippen molar-refractivity contribution in [1.29, 1.82) is 0 Å². The Bertz CT molecular complexity index is 811. The lowest BCUT2D eigenvalue weighted by Gasteiger charge is -2.36. The molecule has 1 saturated heterocycles. The second kappa shape index (κ2) is 9.00. The van der Waals surface area contributed by atoms with Crippen LogP contribution in [0.5, 0.6) is 0 Å². The van der Waals surface area contributed by atoms with E-state index in [1.807, 2.05) is 11.0 Å². The molecule has 5 nitrogen and oxygen atoms in total. The van der Waals surface area contributed by atoms with Crippen LogP contribution in [0.3, 0.4) is 0 Å². The minimum absolute atomic E-state index is 0.0584. The number of carbonyl (C=O) groups is 1. The Morgan fingerprint density at radius 2 is 1.89 bits per heavy atom. The summed E-state index contributed by atoms with van der Waals surface area (Å²) in [4.78, 5) is 28.9. The van der Waals surface area contributed by atoms with Crippen molar-refractivity contribution in [3.8, 4) is 0 Å². The maximum atomic E-state index is 12.9. The predicted octanol–water partition coefficient (Wildman–Crippen LogP) is 3.05. The fraction of sp³-hybridized carbons (Fsp3) is 0.455. The van der Waals surface area contributed by atoms with Gasteiger partial charge in [0.15, 0.2) is 0 Å². The van der Waals surface area contributed by atoms with Gasteiger partial charge >= 0.3 is 0 Å². The van der Waals surface area contributed by atoms with Crippen LogP contribution in [-0.4, -0.2) is 40.9 Å². The van der Waals surface area contributed by atoms with Gasteiger partial charge in [-0.2, -0.15) is 0 Å². The van der Waals surface area contributed by atoms with E-state index in [2.05, 4.69) is 43.3 Å². The molecule has 2 aromatic rings. The van der Waals surface area contributed by atoms with Crippen molar-refractivity contribution >= 4 is 5.91 Å². The number of aromatic nitrogens is 1. The molecule has 0 aliphatic carbocycles. The number of amides is 1. The van der Waals surface area contributed by atoms with Crippen molar-refractivity contribution in [2.75, 3.05) is 20.6 Å². The van der Waals surface area contributed by atoms with Crippen LogP contribution < -0.4 is 5.56 Å². The molecule has 1 unspecified atom stereocenters. The van der Waals surface area contributed by atoms with Crippen molar-refractivity contribution < 1.29 is 4.79 Å². The summed E-state index contributed by atoms with van der Waals surface area (Å²) >= 11 is 0. The van der Waals surface area contributed by atoms with Gasteiger partial charge in [0.1, 0.15) is 0 Å². The van der Waals surface area contributed by atoms with E-state index >= 15 is 0 Å². The molecule has 0 spiro atoms. The number of likely N-dealkylation sites (tertiary alicyclic amines) is 1. The molecule has 0 N–H and O–H groups in total. The number of nitrogens with zero attached hydrogens (tertiary/aromatic N) is 3. The highest BCUT2D eigenvalue weighted by molar-refractivity contribution is 5.76. The van der Waals surface area contributed by atoms with Crippen LogP contribution in [-0.2, 0) is 17.9 Å². The highest BCUT2D eigenvalue weighted by atomic mass is 16.2. The first-order valence-corrected chi connectivity index (χ1v) is 9.73. The lowest BCUT2D eigenvalue weighted by molar-refractivity contribution is -0.135. The van der Waals surface area contributed by atoms with Gasteiger partial charge in [-0.25, -0.2) is 0 Å².